The molecule has 6 nitrogen and oxygen atoms in total. The van der Waals surface area contributed by atoms with Gasteiger partial charge in [-0.05, 0) is 58.0 Å². The summed E-state index contributed by atoms with van der Waals surface area (Å²) >= 11 is 0. The van der Waals surface area contributed by atoms with E-state index in [-0.39, 0.29) is 11.1 Å². The molecule has 2 N–H and O–H groups in total. The first-order valence-corrected chi connectivity index (χ1v) is 9.06. The van der Waals surface area contributed by atoms with E-state index in [0.717, 1.165) is 25.9 Å². The first-order chi connectivity index (χ1) is 10.1. The van der Waals surface area contributed by atoms with Gasteiger partial charge in [-0.15, -0.1) is 0 Å². The van der Waals surface area contributed by atoms with Crippen LogP contribution in [-0.4, -0.2) is 45.5 Å². The summed E-state index contributed by atoms with van der Waals surface area (Å²) in [5.74, 6) is 0.628. The van der Waals surface area contributed by atoms with E-state index in [1.54, 1.807) is 13.1 Å². The minimum Gasteiger partial charge on any atom is -0.447 e. The van der Waals surface area contributed by atoms with Gasteiger partial charge >= 0.3 is 0 Å². The van der Waals surface area contributed by atoms with Crippen molar-refractivity contribution in [3.8, 4) is 0 Å². The Hall–Kier alpha value is -0.890. The third-order valence-corrected chi connectivity index (χ3v) is 5.79. The first kappa shape index (κ1) is 15.0. The second-order valence-corrected chi connectivity index (χ2v) is 7.57. The van der Waals surface area contributed by atoms with Gasteiger partial charge in [-0.3, -0.25) is 0 Å². The number of sulfonamides is 1. The summed E-state index contributed by atoms with van der Waals surface area (Å²) in [6.07, 6.45) is 4.20. The SMILES string of the molecule is CNCc1ccc(S(=O)(=O)NC2CCN3CCCC3C2)o1. The van der Waals surface area contributed by atoms with Crippen LogP contribution in [0.1, 0.15) is 31.4 Å². The molecule has 3 rings (SSSR count). The number of hydrogen-bond acceptors (Lipinski definition) is 5. The van der Waals surface area contributed by atoms with Crippen LogP contribution >= 0.6 is 0 Å². The van der Waals surface area contributed by atoms with Gasteiger partial charge in [-0.2, -0.15) is 0 Å². The Morgan fingerprint density at radius 3 is 3.00 bits per heavy atom. The number of fused-ring (bicyclic) bond motifs is 1. The van der Waals surface area contributed by atoms with E-state index >= 15 is 0 Å². The Labute approximate surface area is 125 Å². The first-order valence-electron chi connectivity index (χ1n) is 7.58. The summed E-state index contributed by atoms with van der Waals surface area (Å²) in [5.41, 5.74) is 0. The summed E-state index contributed by atoms with van der Waals surface area (Å²) in [5, 5.41) is 2.96. The number of rotatable bonds is 5. The maximum Gasteiger partial charge on any atom is 0.274 e. The standard InChI is InChI=1S/C14H23N3O3S/c1-15-10-13-4-5-14(20-13)21(18,19)16-11-6-8-17-7-2-3-12(17)9-11/h4-5,11-12,15-16H,2-3,6-10H2,1H3. The Balaban J connectivity index is 1.65. The highest BCUT2D eigenvalue weighted by atomic mass is 32.2. The van der Waals surface area contributed by atoms with Crippen LogP contribution in [0.2, 0.25) is 0 Å². The van der Waals surface area contributed by atoms with E-state index in [4.69, 9.17) is 4.42 Å². The lowest BCUT2D eigenvalue weighted by Crippen LogP contribution is -2.47. The van der Waals surface area contributed by atoms with Crippen molar-refractivity contribution >= 4 is 10.0 Å². The molecule has 2 saturated heterocycles. The largest absolute Gasteiger partial charge is 0.447 e. The second kappa shape index (κ2) is 6.08. The highest BCUT2D eigenvalue weighted by molar-refractivity contribution is 7.89. The molecule has 0 amide bonds. The summed E-state index contributed by atoms with van der Waals surface area (Å²) in [7, 11) is -1.75. The zero-order valence-electron chi connectivity index (χ0n) is 12.3. The maximum absolute atomic E-state index is 12.4. The zero-order valence-corrected chi connectivity index (χ0v) is 13.2. The highest BCUT2D eigenvalue weighted by Gasteiger charge is 2.34. The molecule has 0 spiro atoms. The molecular formula is C14H23N3O3S. The van der Waals surface area contributed by atoms with E-state index in [1.165, 1.54) is 18.9 Å². The average Bonchev–Trinajstić information content (AvgIpc) is 3.07. The fourth-order valence-electron chi connectivity index (χ4n) is 3.38. The molecule has 0 radical (unpaired) electrons. The van der Waals surface area contributed by atoms with Crippen LogP contribution < -0.4 is 10.0 Å². The minimum absolute atomic E-state index is 0.0154. The van der Waals surface area contributed by atoms with Crippen LogP contribution in [0, 0.1) is 0 Å². The molecule has 21 heavy (non-hydrogen) atoms. The van der Waals surface area contributed by atoms with Gasteiger partial charge in [-0.1, -0.05) is 0 Å². The van der Waals surface area contributed by atoms with Gasteiger partial charge in [0.1, 0.15) is 5.76 Å². The third-order valence-electron chi connectivity index (χ3n) is 4.40. The Bertz CT molecular complexity index is 584. The lowest BCUT2D eigenvalue weighted by molar-refractivity contribution is 0.176. The molecule has 3 heterocycles. The molecule has 2 aliphatic heterocycles. The Morgan fingerprint density at radius 2 is 2.19 bits per heavy atom. The number of piperidine rings is 1. The van der Waals surface area contributed by atoms with Crippen molar-refractivity contribution in [2.75, 3.05) is 20.1 Å². The summed E-state index contributed by atoms with van der Waals surface area (Å²) < 4.78 is 32.9. The predicted molar refractivity (Wildman–Crippen MR) is 79.4 cm³/mol. The third kappa shape index (κ3) is 3.31. The number of nitrogens with zero attached hydrogens (tertiary/aromatic N) is 1. The molecule has 118 valence electrons. The fourth-order valence-corrected chi connectivity index (χ4v) is 4.61. The topological polar surface area (TPSA) is 74.6 Å². The van der Waals surface area contributed by atoms with Crippen molar-refractivity contribution in [3.05, 3.63) is 17.9 Å². The minimum atomic E-state index is -3.55. The summed E-state index contributed by atoms with van der Waals surface area (Å²) in [4.78, 5) is 2.47. The maximum atomic E-state index is 12.4. The van der Waals surface area contributed by atoms with Crippen LogP contribution in [0.4, 0.5) is 0 Å². The van der Waals surface area contributed by atoms with Crippen molar-refractivity contribution in [3.63, 3.8) is 0 Å². The van der Waals surface area contributed by atoms with Crippen molar-refractivity contribution in [1.82, 2.24) is 14.9 Å². The van der Waals surface area contributed by atoms with E-state index in [2.05, 4.69) is 14.9 Å². The van der Waals surface area contributed by atoms with E-state index in [0.29, 0.717) is 18.3 Å². The van der Waals surface area contributed by atoms with Crippen molar-refractivity contribution in [1.29, 1.82) is 0 Å². The monoisotopic (exact) mass is 313 g/mol. The number of nitrogens with one attached hydrogen (secondary N) is 2. The van der Waals surface area contributed by atoms with Gasteiger partial charge in [0.05, 0.1) is 6.54 Å². The quantitative estimate of drug-likeness (QED) is 0.845. The van der Waals surface area contributed by atoms with Gasteiger partial charge in [0.2, 0.25) is 5.09 Å². The molecule has 2 aliphatic rings. The van der Waals surface area contributed by atoms with Crippen molar-refractivity contribution < 1.29 is 12.8 Å². The number of furan rings is 1. The lowest BCUT2D eigenvalue weighted by Gasteiger charge is -2.34. The highest BCUT2D eigenvalue weighted by Crippen LogP contribution is 2.27. The van der Waals surface area contributed by atoms with Gasteiger partial charge < -0.3 is 14.6 Å². The normalized spacial score (nSPS) is 26.9. The van der Waals surface area contributed by atoms with Gasteiger partial charge in [-0.25, -0.2) is 13.1 Å². The van der Waals surface area contributed by atoms with Crippen molar-refractivity contribution in [2.24, 2.45) is 0 Å². The van der Waals surface area contributed by atoms with Crippen LogP contribution in [0.3, 0.4) is 0 Å². The molecule has 1 aromatic rings. The molecule has 7 heteroatoms. The zero-order chi connectivity index (χ0) is 14.9. The molecule has 0 bridgehead atoms. The van der Waals surface area contributed by atoms with Crippen LogP contribution in [0.5, 0.6) is 0 Å². The Kier molecular flexibility index (Phi) is 4.35. The Morgan fingerprint density at radius 1 is 1.33 bits per heavy atom. The predicted octanol–water partition coefficient (Wildman–Crippen LogP) is 0.904. The van der Waals surface area contributed by atoms with E-state index in [1.807, 2.05) is 0 Å². The van der Waals surface area contributed by atoms with E-state index in [9.17, 15) is 8.42 Å². The molecule has 2 fully saturated rings. The fraction of sp³-hybridized carbons (Fsp3) is 0.714. The molecular weight excluding hydrogens is 290 g/mol. The molecule has 0 aromatic carbocycles. The summed E-state index contributed by atoms with van der Waals surface area (Å²) in [6.45, 7) is 2.67. The molecule has 0 aliphatic carbocycles. The lowest BCUT2D eigenvalue weighted by atomic mass is 9.99. The molecule has 0 saturated carbocycles. The van der Waals surface area contributed by atoms with Crippen LogP contribution in [0.15, 0.2) is 21.6 Å². The summed E-state index contributed by atoms with van der Waals surface area (Å²) in [6, 6.07) is 3.79. The van der Waals surface area contributed by atoms with Crippen LogP contribution in [-0.2, 0) is 16.6 Å². The average molecular weight is 313 g/mol. The molecule has 2 unspecified atom stereocenters. The van der Waals surface area contributed by atoms with Crippen LogP contribution in [0.25, 0.3) is 0 Å². The second-order valence-electron chi connectivity index (χ2n) is 5.93. The molecule has 2 atom stereocenters. The van der Waals surface area contributed by atoms with Gasteiger partial charge in [0.25, 0.3) is 10.0 Å². The van der Waals surface area contributed by atoms with E-state index < -0.39 is 10.0 Å². The smallest absolute Gasteiger partial charge is 0.274 e. The molecule has 1 aromatic heterocycles. The van der Waals surface area contributed by atoms with Crippen molar-refractivity contribution in [2.45, 2.75) is 49.4 Å². The van der Waals surface area contributed by atoms with Gasteiger partial charge in [0, 0.05) is 12.1 Å². The number of hydrogen-bond donors (Lipinski definition) is 2. The van der Waals surface area contributed by atoms with Gasteiger partial charge in [0.15, 0.2) is 0 Å².